The van der Waals surface area contributed by atoms with E-state index in [9.17, 15) is 14.4 Å². The lowest BCUT2D eigenvalue weighted by Crippen LogP contribution is -2.59. The van der Waals surface area contributed by atoms with Crippen molar-refractivity contribution in [1.82, 2.24) is 14.7 Å². The SMILES string of the molecule is CC(=O)N1CCN(C(=O)C2COC3(CCCCC3)N2C(=O)c2ccccc2C)CC1. The Bertz CT molecular complexity index is 825. The van der Waals surface area contributed by atoms with Gasteiger partial charge in [-0.3, -0.25) is 19.3 Å². The maximum absolute atomic E-state index is 13.7. The molecule has 3 fully saturated rings. The standard InChI is InChI=1S/C23H31N3O4/c1-17-8-4-5-9-19(17)21(28)26-20(16-30-23(26)10-6-3-7-11-23)22(29)25-14-12-24(13-15-25)18(2)27/h4-5,8-9,20H,3,6-7,10-16H2,1-2H3. The molecule has 3 amide bonds. The number of rotatable bonds is 2. The van der Waals surface area contributed by atoms with Crippen LogP contribution in [-0.4, -0.2) is 77.0 Å². The first-order chi connectivity index (χ1) is 14.4. The zero-order chi connectivity index (χ0) is 21.3. The number of piperazine rings is 1. The molecule has 1 unspecified atom stereocenters. The lowest BCUT2D eigenvalue weighted by Gasteiger charge is -2.43. The van der Waals surface area contributed by atoms with Gasteiger partial charge in [-0.2, -0.15) is 0 Å². The molecule has 1 aromatic rings. The molecule has 0 bridgehead atoms. The summed E-state index contributed by atoms with van der Waals surface area (Å²) < 4.78 is 6.25. The molecular weight excluding hydrogens is 382 g/mol. The van der Waals surface area contributed by atoms with E-state index in [-0.39, 0.29) is 24.3 Å². The second kappa shape index (κ2) is 8.38. The Labute approximate surface area is 177 Å². The maximum Gasteiger partial charge on any atom is 0.257 e. The Hall–Kier alpha value is -2.41. The Morgan fingerprint density at radius 1 is 0.967 bits per heavy atom. The lowest BCUT2D eigenvalue weighted by molar-refractivity contribution is -0.142. The highest BCUT2D eigenvalue weighted by Gasteiger charge is 2.53. The van der Waals surface area contributed by atoms with Gasteiger partial charge in [-0.15, -0.1) is 0 Å². The minimum Gasteiger partial charge on any atom is -0.353 e. The highest BCUT2D eigenvalue weighted by molar-refractivity contribution is 5.99. The van der Waals surface area contributed by atoms with E-state index < -0.39 is 11.8 Å². The number of benzene rings is 1. The third-order valence-electron chi connectivity index (χ3n) is 6.81. The van der Waals surface area contributed by atoms with Gasteiger partial charge < -0.3 is 14.5 Å². The van der Waals surface area contributed by atoms with Crippen molar-refractivity contribution in [3.8, 4) is 0 Å². The molecule has 0 aromatic heterocycles. The normalized spacial score (nSPS) is 23.7. The van der Waals surface area contributed by atoms with Crippen LogP contribution in [0.25, 0.3) is 0 Å². The number of hydrogen-bond acceptors (Lipinski definition) is 4. The van der Waals surface area contributed by atoms with Crippen molar-refractivity contribution >= 4 is 17.7 Å². The van der Waals surface area contributed by atoms with Crippen molar-refractivity contribution in [1.29, 1.82) is 0 Å². The summed E-state index contributed by atoms with van der Waals surface area (Å²) in [5, 5.41) is 0. The van der Waals surface area contributed by atoms with E-state index in [1.807, 2.05) is 31.2 Å². The van der Waals surface area contributed by atoms with Gasteiger partial charge in [-0.1, -0.05) is 24.6 Å². The molecule has 7 nitrogen and oxygen atoms in total. The van der Waals surface area contributed by atoms with E-state index in [4.69, 9.17) is 4.74 Å². The maximum atomic E-state index is 13.7. The molecule has 162 valence electrons. The van der Waals surface area contributed by atoms with Crippen molar-refractivity contribution in [3.63, 3.8) is 0 Å². The van der Waals surface area contributed by atoms with Crippen molar-refractivity contribution in [3.05, 3.63) is 35.4 Å². The predicted octanol–water partition coefficient (Wildman–Crippen LogP) is 2.19. The quantitative estimate of drug-likeness (QED) is 0.745. The zero-order valence-electron chi connectivity index (χ0n) is 17.9. The summed E-state index contributed by atoms with van der Waals surface area (Å²) in [5.41, 5.74) is 0.855. The Morgan fingerprint density at radius 3 is 2.23 bits per heavy atom. The van der Waals surface area contributed by atoms with E-state index in [1.165, 1.54) is 0 Å². The molecule has 3 aliphatic rings. The van der Waals surface area contributed by atoms with Crippen LogP contribution in [0.5, 0.6) is 0 Å². The second-order valence-corrected chi connectivity index (χ2v) is 8.66. The number of hydrogen-bond donors (Lipinski definition) is 0. The smallest absolute Gasteiger partial charge is 0.257 e. The molecule has 0 N–H and O–H groups in total. The highest BCUT2D eigenvalue weighted by Crippen LogP contribution is 2.42. The molecule has 1 saturated carbocycles. The summed E-state index contributed by atoms with van der Waals surface area (Å²) in [5.74, 6) is -0.153. The number of nitrogens with zero attached hydrogens (tertiary/aromatic N) is 3. The third kappa shape index (κ3) is 3.71. The minimum absolute atomic E-state index is 0.0313. The van der Waals surface area contributed by atoms with Gasteiger partial charge in [-0.25, -0.2) is 0 Å². The van der Waals surface area contributed by atoms with E-state index in [0.29, 0.717) is 31.7 Å². The van der Waals surface area contributed by atoms with Crippen LogP contribution in [0.2, 0.25) is 0 Å². The number of ether oxygens (including phenoxy) is 1. The van der Waals surface area contributed by atoms with Gasteiger partial charge in [0.25, 0.3) is 5.91 Å². The molecule has 1 aromatic carbocycles. The van der Waals surface area contributed by atoms with Crippen LogP contribution in [0.4, 0.5) is 0 Å². The van der Waals surface area contributed by atoms with Gasteiger partial charge >= 0.3 is 0 Å². The summed E-state index contributed by atoms with van der Waals surface area (Å²) in [4.78, 5) is 44.1. The van der Waals surface area contributed by atoms with Crippen molar-refractivity contribution in [2.24, 2.45) is 0 Å². The first kappa shape index (κ1) is 20.8. The Morgan fingerprint density at radius 2 is 1.60 bits per heavy atom. The minimum atomic E-state index is -0.681. The predicted molar refractivity (Wildman–Crippen MR) is 112 cm³/mol. The van der Waals surface area contributed by atoms with Crippen molar-refractivity contribution in [2.75, 3.05) is 32.8 Å². The molecule has 0 radical (unpaired) electrons. The molecule has 2 heterocycles. The van der Waals surface area contributed by atoms with Gasteiger partial charge in [0.2, 0.25) is 11.8 Å². The molecule has 1 spiro atoms. The van der Waals surface area contributed by atoms with Crippen molar-refractivity contribution < 1.29 is 19.1 Å². The molecule has 30 heavy (non-hydrogen) atoms. The molecule has 7 heteroatoms. The average molecular weight is 414 g/mol. The van der Waals surface area contributed by atoms with Gasteiger partial charge in [0.05, 0.1) is 6.61 Å². The van der Waals surface area contributed by atoms with E-state index in [2.05, 4.69) is 0 Å². The van der Waals surface area contributed by atoms with Crippen molar-refractivity contribution in [2.45, 2.75) is 57.7 Å². The Balaban J connectivity index is 1.60. The number of carbonyl (C=O) groups is 3. The zero-order valence-corrected chi connectivity index (χ0v) is 17.9. The number of aryl methyl sites for hydroxylation is 1. The molecule has 1 aliphatic carbocycles. The van der Waals surface area contributed by atoms with Gasteiger partial charge in [0, 0.05) is 38.7 Å². The summed E-state index contributed by atoms with van der Waals surface area (Å²) in [6, 6.07) is 6.93. The monoisotopic (exact) mass is 413 g/mol. The van der Waals surface area contributed by atoms with E-state index >= 15 is 0 Å². The van der Waals surface area contributed by atoms with Crippen LogP contribution < -0.4 is 0 Å². The van der Waals surface area contributed by atoms with Crippen LogP contribution in [0.1, 0.15) is 54.9 Å². The summed E-state index contributed by atoms with van der Waals surface area (Å²) >= 11 is 0. The largest absolute Gasteiger partial charge is 0.353 e. The Kier molecular flexibility index (Phi) is 5.82. The molecule has 1 atom stereocenters. The number of carbonyl (C=O) groups excluding carboxylic acids is 3. The topological polar surface area (TPSA) is 70.2 Å². The molecule has 2 saturated heterocycles. The molecular formula is C23H31N3O4. The van der Waals surface area contributed by atoms with E-state index in [1.54, 1.807) is 21.6 Å². The van der Waals surface area contributed by atoms with Gasteiger partial charge in [-0.05, 0) is 44.2 Å². The first-order valence-electron chi connectivity index (χ1n) is 11.0. The summed E-state index contributed by atoms with van der Waals surface area (Å²) in [6.07, 6.45) is 4.66. The van der Waals surface area contributed by atoms with Gasteiger partial charge in [0.1, 0.15) is 11.8 Å². The van der Waals surface area contributed by atoms with Crippen LogP contribution in [0, 0.1) is 6.92 Å². The van der Waals surface area contributed by atoms with Gasteiger partial charge in [0.15, 0.2) is 0 Å². The van der Waals surface area contributed by atoms with E-state index in [0.717, 1.165) is 37.7 Å². The fourth-order valence-electron chi connectivity index (χ4n) is 5.06. The fraction of sp³-hybridized carbons (Fsp3) is 0.609. The third-order valence-corrected chi connectivity index (χ3v) is 6.81. The van der Waals surface area contributed by atoms with Crippen LogP contribution in [0.15, 0.2) is 24.3 Å². The lowest BCUT2D eigenvalue weighted by atomic mass is 9.89. The average Bonchev–Trinajstić information content (AvgIpc) is 3.11. The second-order valence-electron chi connectivity index (χ2n) is 8.66. The summed E-state index contributed by atoms with van der Waals surface area (Å²) in [6.45, 7) is 5.77. The molecule has 4 rings (SSSR count). The fourth-order valence-corrected chi connectivity index (χ4v) is 5.06. The molecule has 2 aliphatic heterocycles. The summed E-state index contributed by atoms with van der Waals surface area (Å²) in [7, 11) is 0. The van der Waals surface area contributed by atoms with Crippen LogP contribution in [-0.2, 0) is 14.3 Å². The first-order valence-corrected chi connectivity index (χ1v) is 11.0. The number of amides is 3. The van der Waals surface area contributed by atoms with Crippen LogP contribution >= 0.6 is 0 Å². The highest BCUT2D eigenvalue weighted by atomic mass is 16.5. The van der Waals surface area contributed by atoms with Crippen LogP contribution in [0.3, 0.4) is 0 Å².